The zero-order valence-electron chi connectivity index (χ0n) is 12.3. The van der Waals surface area contributed by atoms with Gasteiger partial charge < -0.3 is 15.5 Å². The van der Waals surface area contributed by atoms with Crippen LogP contribution in [0.3, 0.4) is 0 Å². The molecule has 0 aromatic heterocycles. The molecule has 0 aliphatic carbocycles. The monoisotopic (exact) mass is 266 g/mol. The van der Waals surface area contributed by atoms with Crippen LogP contribution in [0.1, 0.15) is 51.4 Å². The maximum absolute atomic E-state index is 4.50. The van der Waals surface area contributed by atoms with Gasteiger partial charge in [-0.15, -0.1) is 0 Å². The first-order chi connectivity index (χ1) is 9.45. The van der Waals surface area contributed by atoms with Gasteiger partial charge in [-0.25, -0.2) is 0 Å². The number of hydrogen-bond acceptors (Lipinski definition) is 4. The minimum absolute atomic E-state index is 0.976. The fraction of sp³-hybridized carbons (Fsp3) is 0.933. The number of piperidine rings is 1. The van der Waals surface area contributed by atoms with Crippen LogP contribution < -0.4 is 10.6 Å². The summed E-state index contributed by atoms with van der Waals surface area (Å²) >= 11 is 0. The highest BCUT2D eigenvalue weighted by molar-refractivity contribution is 5.79. The highest BCUT2D eigenvalue weighted by Crippen LogP contribution is 2.09. The Hall–Kier alpha value is -0.770. The summed E-state index contributed by atoms with van der Waals surface area (Å²) in [7, 11) is 0. The Balaban J connectivity index is 1.44. The van der Waals surface area contributed by atoms with Gasteiger partial charge in [0.15, 0.2) is 5.96 Å². The third-order valence-electron chi connectivity index (χ3n) is 4.04. The molecule has 19 heavy (non-hydrogen) atoms. The molecule has 0 atom stereocenters. The molecule has 2 aliphatic rings. The van der Waals surface area contributed by atoms with Crippen molar-refractivity contribution in [2.24, 2.45) is 4.99 Å². The number of nitrogens with one attached hydrogen (secondary N) is 2. The molecule has 2 N–H and O–H groups in total. The predicted molar refractivity (Wildman–Crippen MR) is 81.7 cm³/mol. The quantitative estimate of drug-likeness (QED) is 0.722. The zero-order valence-corrected chi connectivity index (χ0v) is 12.3. The van der Waals surface area contributed by atoms with Crippen LogP contribution in [0, 0.1) is 0 Å². The van der Waals surface area contributed by atoms with Crippen LogP contribution in [0.4, 0.5) is 0 Å². The molecular weight excluding hydrogens is 236 g/mol. The van der Waals surface area contributed by atoms with Crippen LogP contribution in [0.25, 0.3) is 0 Å². The molecular formula is C15H30N4. The second-order valence-corrected chi connectivity index (χ2v) is 5.75. The predicted octanol–water partition coefficient (Wildman–Crippen LogP) is 1.97. The molecule has 0 unspecified atom stereocenters. The highest BCUT2D eigenvalue weighted by Gasteiger charge is 2.08. The second kappa shape index (κ2) is 9.18. The third-order valence-corrected chi connectivity index (χ3v) is 4.04. The summed E-state index contributed by atoms with van der Waals surface area (Å²) in [6, 6.07) is 0. The molecule has 4 nitrogen and oxygen atoms in total. The van der Waals surface area contributed by atoms with Crippen molar-refractivity contribution >= 4 is 5.96 Å². The lowest BCUT2D eigenvalue weighted by Crippen LogP contribution is -2.37. The lowest BCUT2D eigenvalue weighted by Gasteiger charge is -2.26. The Morgan fingerprint density at radius 1 is 1.00 bits per heavy atom. The first kappa shape index (κ1) is 14.6. The van der Waals surface area contributed by atoms with Gasteiger partial charge in [-0.3, -0.25) is 4.99 Å². The SMILES string of the molecule is C(CCNC1=NCCCCN1)CCN1CCCCC1. The molecule has 1 fully saturated rings. The molecule has 0 saturated carbocycles. The van der Waals surface area contributed by atoms with Crippen molar-refractivity contribution in [2.75, 3.05) is 39.3 Å². The minimum atomic E-state index is 0.976. The van der Waals surface area contributed by atoms with Crippen molar-refractivity contribution in [1.29, 1.82) is 0 Å². The molecule has 2 aliphatic heterocycles. The van der Waals surface area contributed by atoms with Gasteiger partial charge in [-0.1, -0.05) is 12.8 Å². The van der Waals surface area contributed by atoms with E-state index in [2.05, 4.69) is 20.5 Å². The lowest BCUT2D eigenvalue weighted by molar-refractivity contribution is 0.224. The maximum atomic E-state index is 4.50. The van der Waals surface area contributed by atoms with Crippen molar-refractivity contribution in [3.63, 3.8) is 0 Å². The lowest BCUT2D eigenvalue weighted by atomic mass is 10.1. The largest absolute Gasteiger partial charge is 0.356 e. The van der Waals surface area contributed by atoms with Gasteiger partial charge in [0.05, 0.1) is 0 Å². The summed E-state index contributed by atoms with van der Waals surface area (Å²) in [5, 5.41) is 6.78. The molecule has 0 aromatic rings. The summed E-state index contributed by atoms with van der Waals surface area (Å²) in [6.45, 7) is 7.08. The summed E-state index contributed by atoms with van der Waals surface area (Å²) in [5.41, 5.74) is 0. The Labute approximate surface area is 118 Å². The molecule has 110 valence electrons. The Bertz CT molecular complexity index is 259. The Morgan fingerprint density at radius 2 is 1.89 bits per heavy atom. The van der Waals surface area contributed by atoms with Gasteiger partial charge in [-0.2, -0.15) is 0 Å². The Kier molecular flexibility index (Phi) is 7.07. The van der Waals surface area contributed by atoms with E-state index < -0.39 is 0 Å². The van der Waals surface area contributed by atoms with E-state index in [0.717, 1.165) is 25.6 Å². The number of hydrogen-bond donors (Lipinski definition) is 2. The van der Waals surface area contributed by atoms with Crippen molar-refractivity contribution in [3.8, 4) is 0 Å². The van der Waals surface area contributed by atoms with Gasteiger partial charge in [0.2, 0.25) is 0 Å². The summed E-state index contributed by atoms with van der Waals surface area (Å²) in [6.07, 6.45) is 10.7. The normalized spacial score (nSPS) is 21.4. The summed E-state index contributed by atoms with van der Waals surface area (Å²) in [5.74, 6) is 1.02. The standard InChI is InChI=1S/C15H30N4/c1(6-12-19-13-7-2-8-14-19)3-9-16-15-17-10-4-5-11-18-15/h1-14H2,(H2,16,17,18). The first-order valence-electron chi connectivity index (χ1n) is 8.20. The molecule has 0 bridgehead atoms. The fourth-order valence-corrected chi connectivity index (χ4v) is 2.84. The minimum Gasteiger partial charge on any atom is -0.356 e. The first-order valence-corrected chi connectivity index (χ1v) is 8.20. The number of aliphatic imine (C=N–C) groups is 1. The van der Waals surface area contributed by atoms with Gasteiger partial charge in [-0.05, 0) is 58.2 Å². The zero-order chi connectivity index (χ0) is 13.2. The second-order valence-electron chi connectivity index (χ2n) is 5.75. The van der Waals surface area contributed by atoms with Crippen molar-refractivity contribution < 1.29 is 0 Å². The molecule has 2 rings (SSSR count). The average molecular weight is 266 g/mol. The topological polar surface area (TPSA) is 39.7 Å². The van der Waals surface area contributed by atoms with Crippen LogP contribution in [-0.2, 0) is 0 Å². The number of nitrogens with zero attached hydrogens (tertiary/aromatic N) is 2. The van der Waals surface area contributed by atoms with Crippen LogP contribution in [-0.4, -0.2) is 50.1 Å². The molecule has 2 heterocycles. The van der Waals surface area contributed by atoms with Crippen LogP contribution in [0.5, 0.6) is 0 Å². The van der Waals surface area contributed by atoms with Crippen molar-refractivity contribution in [1.82, 2.24) is 15.5 Å². The van der Waals surface area contributed by atoms with E-state index in [1.807, 2.05) is 0 Å². The van der Waals surface area contributed by atoms with Crippen molar-refractivity contribution in [2.45, 2.75) is 51.4 Å². The smallest absolute Gasteiger partial charge is 0.191 e. The molecule has 0 amide bonds. The average Bonchev–Trinajstić information content (AvgIpc) is 2.72. The fourth-order valence-electron chi connectivity index (χ4n) is 2.84. The van der Waals surface area contributed by atoms with Crippen LogP contribution in [0.15, 0.2) is 4.99 Å². The molecule has 1 saturated heterocycles. The van der Waals surface area contributed by atoms with Gasteiger partial charge in [0, 0.05) is 19.6 Å². The highest BCUT2D eigenvalue weighted by atomic mass is 15.2. The molecule has 4 heteroatoms. The molecule has 0 radical (unpaired) electrons. The van der Waals surface area contributed by atoms with E-state index in [-0.39, 0.29) is 0 Å². The van der Waals surface area contributed by atoms with E-state index in [4.69, 9.17) is 0 Å². The van der Waals surface area contributed by atoms with E-state index in [0.29, 0.717) is 0 Å². The number of likely N-dealkylation sites (tertiary alicyclic amines) is 1. The van der Waals surface area contributed by atoms with Crippen LogP contribution in [0.2, 0.25) is 0 Å². The van der Waals surface area contributed by atoms with Crippen LogP contribution >= 0.6 is 0 Å². The van der Waals surface area contributed by atoms with Crippen molar-refractivity contribution in [3.05, 3.63) is 0 Å². The number of rotatable bonds is 6. The molecule has 0 aromatic carbocycles. The van der Waals surface area contributed by atoms with E-state index in [1.165, 1.54) is 71.0 Å². The summed E-state index contributed by atoms with van der Waals surface area (Å²) in [4.78, 5) is 7.13. The van der Waals surface area contributed by atoms with E-state index >= 15 is 0 Å². The third kappa shape index (κ3) is 6.28. The maximum Gasteiger partial charge on any atom is 0.191 e. The van der Waals surface area contributed by atoms with Gasteiger partial charge in [0.25, 0.3) is 0 Å². The van der Waals surface area contributed by atoms with Gasteiger partial charge >= 0.3 is 0 Å². The van der Waals surface area contributed by atoms with Gasteiger partial charge in [0.1, 0.15) is 0 Å². The van der Waals surface area contributed by atoms with E-state index in [9.17, 15) is 0 Å². The molecule has 0 spiro atoms. The Morgan fingerprint density at radius 3 is 2.79 bits per heavy atom. The van der Waals surface area contributed by atoms with E-state index in [1.54, 1.807) is 0 Å². The number of guanidine groups is 1. The number of unbranched alkanes of at least 4 members (excludes halogenated alkanes) is 2. The summed E-state index contributed by atoms with van der Waals surface area (Å²) < 4.78 is 0.